The molecule has 2 aromatic rings. The number of sulfonamides is 1. The first-order valence-corrected chi connectivity index (χ1v) is 9.83. The van der Waals surface area contributed by atoms with E-state index in [0.29, 0.717) is 29.2 Å². The molecule has 0 aliphatic carbocycles. The lowest BCUT2D eigenvalue weighted by Crippen LogP contribution is -2.20. The summed E-state index contributed by atoms with van der Waals surface area (Å²) >= 11 is 0. The van der Waals surface area contributed by atoms with Gasteiger partial charge in [0.2, 0.25) is 15.9 Å². The summed E-state index contributed by atoms with van der Waals surface area (Å²) in [5.41, 5.74) is 1.94. The Bertz CT molecular complexity index is 903. The zero-order chi connectivity index (χ0) is 20.0. The van der Waals surface area contributed by atoms with E-state index in [2.05, 4.69) is 10.0 Å². The lowest BCUT2D eigenvalue weighted by Gasteiger charge is -2.11. The molecule has 146 valence electrons. The molecule has 8 heteroatoms. The van der Waals surface area contributed by atoms with Gasteiger partial charge in [-0.2, -0.15) is 0 Å². The molecule has 0 saturated carbocycles. The Morgan fingerprint density at radius 3 is 2.22 bits per heavy atom. The van der Waals surface area contributed by atoms with Crippen molar-refractivity contribution >= 4 is 21.6 Å². The van der Waals surface area contributed by atoms with E-state index in [4.69, 9.17) is 9.47 Å². The van der Waals surface area contributed by atoms with Crippen molar-refractivity contribution in [1.29, 1.82) is 0 Å². The minimum absolute atomic E-state index is 0.139. The summed E-state index contributed by atoms with van der Waals surface area (Å²) in [6.07, 6.45) is 0.727. The molecule has 7 nitrogen and oxygen atoms in total. The third-order valence-electron chi connectivity index (χ3n) is 4.08. The largest absolute Gasteiger partial charge is 0.497 e. The van der Waals surface area contributed by atoms with Gasteiger partial charge in [0.1, 0.15) is 11.5 Å². The number of carbonyl (C=O) groups excluding carboxylic acids is 1. The average Bonchev–Trinajstić information content (AvgIpc) is 2.67. The van der Waals surface area contributed by atoms with Crippen LogP contribution < -0.4 is 19.5 Å². The molecule has 0 bridgehead atoms. The molecule has 0 aliphatic heterocycles. The van der Waals surface area contributed by atoms with Gasteiger partial charge in [-0.3, -0.25) is 4.79 Å². The van der Waals surface area contributed by atoms with Crippen LogP contribution in [0.5, 0.6) is 11.5 Å². The van der Waals surface area contributed by atoms with Gasteiger partial charge in [0.15, 0.2) is 0 Å². The Morgan fingerprint density at radius 2 is 1.67 bits per heavy atom. The molecule has 2 N–H and O–H groups in total. The molecule has 0 unspecified atom stereocenters. The van der Waals surface area contributed by atoms with Crippen molar-refractivity contribution in [3.8, 4) is 11.5 Å². The van der Waals surface area contributed by atoms with Crippen molar-refractivity contribution in [3.05, 3.63) is 47.5 Å². The number of aryl methyl sites for hydroxylation is 2. The highest BCUT2D eigenvalue weighted by Gasteiger charge is 2.16. The molecule has 0 heterocycles. The van der Waals surface area contributed by atoms with Crippen LogP contribution >= 0.6 is 0 Å². The molecule has 0 aliphatic rings. The maximum Gasteiger partial charge on any atom is 0.240 e. The Balaban J connectivity index is 2.08. The maximum atomic E-state index is 12.3. The molecule has 0 spiro atoms. The fourth-order valence-corrected chi connectivity index (χ4v) is 3.56. The normalized spacial score (nSPS) is 11.1. The number of amides is 1. The predicted octanol–water partition coefficient (Wildman–Crippen LogP) is 2.49. The quantitative estimate of drug-likeness (QED) is 0.720. The van der Waals surface area contributed by atoms with Crippen LogP contribution in [-0.4, -0.2) is 35.6 Å². The summed E-state index contributed by atoms with van der Waals surface area (Å²) < 4.78 is 36.8. The van der Waals surface area contributed by atoms with E-state index in [1.807, 2.05) is 12.1 Å². The van der Waals surface area contributed by atoms with Gasteiger partial charge in [-0.25, -0.2) is 13.1 Å². The van der Waals surface area contributed by atoms with Crippen LogP contribution in [0.25, 0.3) is 0 Å². The minimum atomic E-state index is -3.59. The lowest BCUT2D eigenvalue weighted by atomic mass is 10.1. The van der Waals surface area contributed by atoms with Gasteiger partial charge in [-0.1, -0.05) is 6.07 Å². The average molecular weight is 392 g/mol. The first kappa shape index (κ1) is 20.7. The van der Waals surface area contributed by atoms with Gasteiger partial charge >= 0.3 is 0 Å². The van der Waals surface area contributed by atoms with Gasteiger partial charge in [-0.15, -0.1) is 0 Å². The summed E-state index contributed by atoms with van der Waals surface area (Å²) in [4.78, 5) is 12.4. The number of benzene rings is 2. The van der Waals surface area contributed by atoms with Gasteiger partial charge in [0.25, 0.3) is 0 Å². The number of carbonyl (C=O) groups is 1. The van der Waals surface area contributed by atoms with E-state index in [1.54, 1.807) is 39.3 Å². The van der Waals surface area contributed by atoms with Crippen molar-refractivity contribution in [1.82, 2.24) is 4.72 Å². The third kappa shape index (κ3) is 5.45. The zero-order valence-electron chi connectivity index (χ0n) is 15.8. The minimum Gasteiger partial charge on any atom is -0.497 e. The Labute approximate surface area is 159 Å². The summed E-state index contributed by atoms with van der Waals surface area (Å²) in [6.45, 7) is 1.70. The maximum absolute atomic E-state index is 12.3. The van der Waals surface area contributed by atoms with Crippen molar-refractivity contribution in [2.75, 3.05) is 26.6 Å². The van der Waals surface area contributed by atoms with Gasteiger partial charge < -0.3 is 14.8 Å². The van der Waals surface area contributed by atoms with Crippen molar-refractivity contribution in [2.45, 2.75) is 24.7 Å². The van der Waals surface area contributed by atoms with E-state index in [-0.39, 0.29) is 17.2 Å². The highest BCUT2D eigenvalue weighted by Crippen LogP contribution is 2.24. The molecule has 0 radical (unpaired) electrons. The van der Waals surface area contributed by atoms with Crippen molar-refractivity contribution in [2.24, 2.45) is 0 Å². The van der Waals surface area contributed by atoms with Crippen LogP contribution in [0, 0.1) is 6.92 Å². The van der Waals surface area contributed by atoms with Crippen molar-refractivity contribution in [3.63, 3.8) is 0 Å². The molecule has 1 amide bonds. The molecule has 0 fully saturated rings. The Kier molecular flexibility index (Phi) is 6.81. The smallest absolute Gasteiger partial charge is 0.240 e. The Morgan fingerprint density at radius 1 is 1.04 bits per heavy atom. The van der Waals surface area contributed by atoms with E-state index in [1.165, 1.54) is 13.1 Å². The number of hydrogen-bond acceptors (Lipinski definition) is 5. The predicted molar refractivity (Wildman–Crippen MR) is 104 cm³/mol. The summed E-state index contributed by atoms with van der Waals surface area (Å²) in [5.74, 6) is 1.10. The molecular weight excluding hydrogens is 368 g/mol. The van der Waals surface area contributed by atoms with E-state index >= 15 is 0 Å². The Hall–Kier alpha value is -2.58. The first-order valence-electron chi connectivity index (χ1n) is 8.35. The number of hydrogen-bond donors (Lipinski definition) is 2. The molecule has 0 aromatic heterocycles. The second kappa shape index (κ2) is 8.88. The van der Waals surface area contributed by atoms with E-state index < -0.39 is 10.0 Å². The third-order valence-corrected chi connectivity index (χ3v) is 5.64. The van der Waals surface area contributed by atoms with Gasteiger partial charge in [0, 0.05) is 18.2 Å². The second-order valence-electron chi connectivity index (χ2n) is 5.96. The molecule has 2 aromatic carbocycles. The van der Waals surface area contributed by atoms with Crippen LogP contribution in [0.15, 0.2) is 41.3 Å². The van der Waals surface area contributed by atoms with Crippen LogP contribution in [0.4, 0.5) is 5.69 Å². The summed E-state index contributed by atoms with van der Waals surface area (Å²) in [6, 6.07) is 10.2. The number of nitrogens with one attached hydrogen (secondary N) is 2. The number of ether oxygens (including phenoxy) is 2. The molecule has 0 saturated heterocycles. The molecule has 0 atom stereocenters. The SMILES string of the molecule is CNS(=O)(=O)c1cc(NC(=O)CCc2cc(OC)cc(OC)c2)ccc1C. The lowest BCUT2D eigenvalue weighted by molar-refractivity contribution is -0.116. The van der Waals surface area contributed by atoms with Gasteiger partial charge in [-0.05, 0) is 55.8 Å². The zero-order valence-corrected chi connectivity index (χ0v) is 16.6. The summed E-state index contributed by atoms with van der Waals surface area (Å²) in [5, 5.41) is 2.74. The monoisotopic (exact) mass is 392 g/mol. The number of anilines is 1. The van der Waals surface area contributed by atoms with Gasteiger partial charge in [0.05, 0.1) is 19.1 Å². The van der Waals surface area contributed by atoms with Crippen molar-refractivity contribution < 1.29 is 22.7 Å². The number of rotatable bonds is 8. The van der Waals surface area contributed by atoms with Crippen LogP contribution in [0.2, 0.25) is 0 Å². The molecule has 2 rings (SSSR count). The van der Waals surface area contributed by atoms with E-state index in [0.717, 1.165) is 5.56 Å². The van der Waals surface area contributed by atoms with Crippen LogP contribution in [-0.2, 0) is 21.2 Å². The summed E-state index contributed by atoms with van der Waals surface area (Å²) in [7, 11) is 0.901. The first-order chi connectivity index (χ1) is 12.8. The van der Waals surface area contributed by atoms with E-state index in [9.17, 15) is 13.2 Å². The fourth-order valence-electron chi connectivity index (χ4n) is 2.57. The fraction of sp³-hybridized carbons (Fsp3) is 0.316. The number of methoxy groups -OCH3 is 2. The highest BCUT2D eigenvalue weighted by molar-refractivity contribution is 7.89. The molecule has 27 heavy (non-hydrogen) atoms. The standard InChI is InChI=1S/C19H24N2O5S/c1-13-5-7-15(11-18(13)27(23,24)20-2)21-19(22)8-6-14-9-16(25-3)12-17(10-14)26-4/h5,7,9-12,20H,6,8H2,1-4H3,(H,21,22). The molecular formula is C19H24N2O5S. The topological polar surface area (TPSA) is 93.7 Å². The van der Waals surface area contributed by atoms with Crippen LogP contribution in [0.3, 0.4) is 0 Å². The highest BCUT2D eigenvalue weighted by atomic mass is 32.2. The van der Waals surface area contributed by atoms with Crippen LogP contribution in [0.1, 0.15) is 17.5 Å². The second-order valence-corrected chi connectivity index (χ2v) is 7.81.